The number of hydrogen-bond donors (Lipinski definition) is 0. The van der Waals surface area contributed by atoms with Gasteiger partial charge < -0.3 is 70.7 Å². The first-order chi connectivity index (χ1) is 4.24. The van der Waals surface area contributed by atoms with Gasteiger partial charge in [-0.3, -0.25) is 0 Å². The smallest absolute Gasteiger partial charge is 0.696 e. The molecule has 0 bridgehead atoms. The number of hydrogen-bond acceptors (Lipinski definition) is 6. The molecule has 0 saturated heterocycles. The summed E-state index contributed by atoms with van der Waals surface area (Å²) in [7, 11) is 0. The van der Waals surface area contributed by atoms with Crippen molar-refractivity contribution in [2.75, 3.05) is 0 Å². The first-order valence-electron chi connectivity index (χ1n) is 1.28. The first-order valence-corrected chi connectivity index (χ1v) is 2.51. The van der Waals surface area contributed by atoms with Gasteiger partial charge in [-0.1, -0.05) is 16.2 Å². The molecule has 0 rings (SSSR count). The van der Waals surface area contributed by atoms with E-state index in [0.717, 1.165) is 0 Å². The summed E-state index contributed by atoms with van der Waals surface area (Å²) in [5.41, 5.74) is 0. The van der Waals surface area contributed by atoms with E-state index in [-0.39, 0.29) is 79.8 Å². The molecule has 0 fully saturated rings. The van der Waals surface area contributed by atoms with Gasteiger partial charge in [-0.15, -0.1) is 0 Å². The Kier molecular flexibility index (Phi) is 1630. The maximum atomic E-state index is 7.13. The molecule has 9 nitrogen and oxygen atoms in total. The molecule has 0 amide bonds. The second-order valence-electron chi connectivity index (χ2n) is 0.274. The summed E-state index contributed by atoms with van der Waals surface area (Å²) >= 11 is 11.1. The van der Waals surface area contributed by atoms with E-state index in [9.17, 15) is 0 Å². The summed E-state index contributed by atoms with van der Waals surface area (Å²) in [6, 6.07) is 0. The summed E-state index contributed by atoms with van der Waals surface area (Å²) in [5.74, 6) is 0. The Hall–Kier alpha value is 0.409. The molecule has 0 aliphatic heterocycles. The van der Waals surface area contributed by atoms with Gasteiger partial charge in [-0.2, -0.15) is 0 Å². The number of nitriles is 3. The Labute approximate surface area is 148 Å². The summed E-state index contributed by atoms with van der Waals surface area (Å²) in [6.45, 7) is 0. The van der Waals surface area contributed by atoms with Crippen LogP contribution in [0.25, 0.3) is 0 Å². The van der Waals surface area contributed by atoms with Gasteiger partial charge in [0.25, 0.3) is 0 Å². The second kappa shape index (κ2) is 275. The maximum Gasteiger partial charge on any atom is 3.00 e. The fraction of sp³-hybridized carbons (Fsp3) is 0. The SMILES string of the molecule is N#C[S-].N#C[S-].N#C[S-].O.O.O.O.O.O.[Yb+3]. The van der Waals surface area contributed by atoms with Gasteiger partial charge in [0.15, 0.2) is 0 Å². The van der Waals surface area contributed by atoms with Gasteiger partial charge in [-0.05, 0) is 0 Å². The Morgan fingerprint density at radius 1 is 0.500 bits per heavy atom. The van der Waals surface area contributed by atoms with Crippen LogP contribution in [-0.4, -0.2) is 32.9 Å². The van der Waals surface area contributed by atoms with Crippen LogP contribution in [0.3, 0.4) is 0 Å². The molecule has 0 aliphatic rings. The number of thiocyanates is 3. The fourth-order valence-electron chi connectivity index (χ4n) is 0. The van der Waals surface area contributed by atoms with E-state index in [1.54, 1.807) is 0 Å². The zero-order valence-electron chi connectivity index (χ0n) is 7.33. The van der Waals surface area contributed by atoms with Gasteiger partial charge in [0.1, 0.15) is 0 Å². The molecule has 1 radical (unpaired) electrons. The van der Waals surface area contributed by atoms with Crippen molar-refractivity contribution in [3.8, 4) is 16.2 Å². The number of rotatable bonds is 0. The van der Waals surface area contributed by atoms with Crippen LogP contribution >= 0.6 is 0 Å². The van der Waals surface area contributed by atoms with Crippen molar-refractivity contribution in [3.63, 3.8) is 0 Å². The molecule has 0 heterocycles. The largest absolute Gasteiger partial charge is 3.00 e. The van der Waals surface area contributed by atoms with Crippen LogP contribution in [0.15, 0.2) is 0 Å². The Balaban J connectivity index is -0.00000000346. The van der Waals surface area contributed by atoms with Crippen LogP contribution in [0.5, 0.6) is 0 Å². The van der Waals surface area contributed by atoms with E-state index in [1.807, 2.05) is 0 Å². The molecule has 0 aromatic heterocycles. The fourth-order valence-corrected chi connectivity index (χ4v) is 0. The molecule has 0 unspecified atom stereocenters. The van der Waals surface area contributed by atoms with E-state index in [0.29, 0.717) is 0 Å². The van der Waals surface area contributed by atoms with Crippen LogP contribution < -0.4 is 0 Å². The van der Waals surface area contributed by atoms with Crippen LogP contribution in [0.2, 0.25) is 0 Å². The topological polar surface area (TPSA) is 260 Å². The third-order valence-corrected chi connectivity index (χ3v) is 0. The molecule has 16 heavy (non-hydrogen) atoms. The average Bonchev–Trinajstić information content (AvgIpc) is 1.70. The van der Waals surface area contributed by atoms with E-state index in [1.165, 1.54) is 16.2 Å². The third-order valence-electron chi connectivity index (χ3n) is 0. The molecule has 13 heteroatoms. The number of nitrogens with zero attached hydrogens (tertiary/aromatic N) is 3. The van der Waals surface area contributed by atoms with Crippen molar-refractivity contribution < 1.29 is 79.8 Å². The average molecular weight is 455 g/mol. The molecule has 0 spiro atoms. The van der Waals surface area contributed by atoms with E-state index >= 15 is 0 Å². The van der Waals surface area contributed by atoms with Gasteiger partial charge in [0, 0.05) is 0 Å². The van der Waals surface area contributed by atoms with E-state index in [4.69, 9.17) is 15.8 Å². The molecular weight excluding hydrogens is 443 g/mol. The first kappa shape index (κ1) is 94.8. The van der Waals surface area contributed by atoms with Crippen LogP contribution in [-0.2, 0) is 37.9 Å². The van der Waals surface area contributed by atoms with Crippen molar-refractivity contribution in [3.05, 3.63) is 0 Å². The van der Waals surface area contributed by atoms with Crippen molar-refractivity contribution >= 4 is 37.9 Å². The molecule has 0 aromatic rings. The van der Waals surface area contributed by atoms with Crippen LogP contribution in [0.1, 0.15) is 0 Å². The van der Waals surface area contributed by atoms with Gasteiger partial charge in [0.2, 0.25) is 0 Å². The Bertz CT molecular complexity index is 127. The van der Waals surface area contributed by atoms with E-state index in [2.05, 4.69) is 37.9 Å². The molecule has 12 N–H and O–H groups in total. The Morgan fingerprint density at radius 2 is 0.500 bits per heavy atom. The molecule has 0 atom stereocenters. The predicted molar refractivity (Wildman–Crippen MR) is 60.6 cm³/mol. The second-order valence-corrected chi connectivity index (χ2v) is 0.822. The van der Waals surface area contributed by atoms with Gasteiger partial charge in [-0.25, -0.2) is 15.8 Å². The summed E-state index contributed by atoms with van der Waals surface area (Å²) < 4.78 is 0. The monoisotopic (exact) mass is 456 g/mol. The molecule has 0 aliphatic carbocycles. The standard InChI is InChI=1S/3CHNS.6H2O.Yb/c3*2-1-3;;;;;;;/h3*3H;6*1H2;/q;;;;;;;;;+3/p-3. The molecule has 107 valence electrons. The molecule has 0 aromatic carbocycles. The van der Waals surface area contributed by atoms with Gasteiger partial charge in [0.05, 0.1) is 0 Å². The zero-order valence-corrected chi connectivity index (χ0v) is 11.5. The maximum absolute atomic E-state index is 7.13. The minimum Gasteiger partial charge on any atom is -0.696 e. The summed E-state index contributed by atoms with van der Waals surface area (Å²) in [5, 5.41) is 25.4. The molecule has 0 saturated carbocycles. The third kappa shape index (κ3) is 15500. The van der Waals surface area contributed by atoms with E-state index < -0.39 is 0 Å². The summed E-state index contributed by atoms with van der Waals surface area (Å²) in [4.78, 5) is 0. The minimum absolute atomic E-state index is 0. The zero-order chi connectivity index (χ0) is 8.12. The predicted octanol–water partition coefficient (Wildman–Crippen LogP) is -4.91. The van der Waals surface area contributed by atoms with Crippen molar-refractivity contribution in [1.29, 1.82) is 15.8 Å². The van der Waals surface area contributed by atoms with Crippen LogP contribution in [0, 0.1) is 78.9 Å². The van der Waals surface area contributed by atoms with Crippen molar-refractivity contribution in [2.24, 2.45) is 0 Å². The van der Waals surface area contributed by atoms with Crippen LogP contribution in [0.4, 0.5) is 0 Å². The quantitative estimate of drug-likeness (QED) is 0.255. The molecular formula is C3H12N3O6S3Yb. The van der Waals surface area contributed by atoms with Gasteiger partial charge >= 0.3 is 46.9 Å². The minimum atomic E-state index is 0. The van der Waals surface area contributed by atoms with Crippen molar-refractivity contribution in [1.82, 2.24) is 0 Å². The Morgan fingerprint density at radius 3 is 0.500 bits per heavy atom. The van der Waals surface area contributed by atoms with Crippen molar-refractivity contribution in [2.45, 2.75) is 0 Å². The summed E-state index contributed by atoms with van der Waals surface area (Å²) in [6.07, 6.45) is 0. The normalized spacial score (nSPS) is 1.31.